The molecule has 1 atom stereocenters. The molecule has 0 aromatic carbocycles. The largest absolute Gasteiger partial charge is 0.378 e. The fraction of sp³-hybridized carbons (Fsp3) is 1.00. The van der Waals surface area contributed by atoms with Crippen LogP contribution in [0.4, 0.5) is 8.78 Å². The highest BCUT2D eigenvalue weighted by Gasteiger charge is 2.56. The third kappa shape index (κ3) is 1.90. The normalized spacial score (nSPS) is 29.1. The minimum absolute atomic E-state index is 0.0136. The molecule has 1 fully saturated rings. The molecule has 60 valence electrons. The summed E-state index contributed by atoms with van der Waals surface area (Å²) in [5.41, 5.74) is 0. The van der Waals surface area contributed by atoms with Crippen LogP contribution in [-0.4, -0.2) is 18.6 Å². The minimum atomic E-state index is -2.42. The van der Waals surface area contributed by atoms with Crippen molar-refractivity contribution < 1.29 is 13.5 Å². The molecule has 3 heteroatoms. The molecule has 1 aliphatic rings. The van der Waals surface area contributed by atoms with Gasteiger partial charge in [0.05, 0.1) is 18.6 Å². The summed E-state index contributed by atoms with van der Waals surface area (Å²) < 4.78 is 29.4. The smallest absolute Gasteiger partial charge is 0.253 e. The number of alkyl halides is 2. The summed E-state index contributed by atoms with van der Waals surface area (Å²) >= 11 is 0. The molecule has 0 bridgehead atoms. The lowest BCUT2D eigenvalue weighted by atomic mass is 10.4. The Kier molecular flexibility index (Phi) is 1.95. The Labute approximate surface area is 59.4 Å². The van der Waals surface area contributed by atoms with Crippen LogP contribution in [0.2, 0.25) is 0 Å². The molecule has 0 radical (unpaired) electrons. The number of ether oxygens (including phenoxy) is 1. The topological polar surface area (TPSA) is 9.23 Å². The summed E-state index contributed by atoms with van der Waals surface area (Å²) in [5.74, 6) is -2.93. The van der Waals surface area contributed by atoms with Crippen molar-refractivity contribution in [3.8, 4) is 0 Å². The van der Waals surface area contributed by atoms with Crippen molar-refractivity contribution in [2.45, 2.75) is 32.3 Å². The molecule has 1 nitrogen and oxygen atoms in total. The van der Waals surface area contributed by atoms with Crippen molar-refractivity contribution in [1.82, 2.24) is 0 Å². The first-order valence-corrected chi connectivity index (χ1v) is 3.52. The lowest BCUT2D eigenvalue weighted by Crippen LogP contribution is -2.08. The standard InChI is InChI=1S/C7H12F2O/c1-5(2)10-4-6-3-7(6,8)9/h5-6H,3-4H2,1-2H3. The molecule has 0 amide bonds. The maximum atomic E-state index is 12.2. The molecular formula is C7H12F2O. The average Bonchev–Trinajstić information content (AvgIpc) is 2.35. The summed E-state index contributed by atoms with van der Waals surface area (Å²) in [4.78, 5) is 0. The summed E-state index contributed by atoms with van der Waals surface area (Å²) in [7, 11) is 0. The Morgan fingerprint density at radius 1 is 1.60 bits per heavy atom. The van der Waals surface area contributed by atoms with E-state index < -0.39 is 11.8 Å². The van der Waals surface area contributed by atoms with Gasteiger partial charge in [0.25, 0.3) is 5.92 Å². The first kappa shape index (κ1) is 7.92. The second kappa shape index (κ2) is 2.46. The monoisotopic (exact) mass is 150 g/mol. The highest BCUT2D eigenvalue weighted by atomic mass is 19.3. The van der Waals surface area contributed by atoms with Gasteiger partial charge in [0.1, 0.15) is 0 Å². The van der Waals surface area contributed by atoms with Gasteiger partial charge in [0, 0.05) is 6.42 Å². The zero-order valence-electron chi connectivity index (χ0n) is 6.23. The summed E-state index contributed by atoms with van der Waals surface area (Å²) in [5, 5.41) is 0. The second-order valence-corrected chi connectivity index (χ2v) is 3.04. The van der Waals surface area contributed by atoms with Crippen LogP contribution in [-0.2, 0) is 4.74 Å². The molecule has 0 spiro atoms. The summed E-state index contributed by atoms with van der Waals surface area (Å²) in [6.07, 6.45) is 0.0797. The van der Waals surface area contributed by atoms with E-state index in [0.717, 1.165) is 0 Å². The second-order valence-electron chi connectivity index (χ2n) is 3.04. The van der Waals surface area contributed by atoms with Crippen molar-refractivity contribution in [3.63, 3.8) is 0 Å². The highest BCUT2D eigenvalue weighted by Crippen LogP contribution is 2.48. The molecule has 0 aromatic rings. The fourth-order valence-corrected chi connectivity index (χ4v) is 0.759. The zero-order chi connectivity index (χ0) is 7.78. The van der Waals surface area contributed by atoms with Gasteiger partial charge >= 0.3 is 0 Å². The van der Waals surface area contributed by atoms with E-state index in [1.54, 1.807) is 0 Å². The molecule has 1 rings (SSSR count). The first-order valence-electron chi connectivity index (χ1n) is 3.52. The fourth-order valence-electron chi connectivity index (χ4n) is 0.759. The van der Waals surface area contributed by atoms with Crippen molar-refractivity contribution in [3.05, 3.63) is 0 Å². The van der Waals surface area contributed by atoms with E-state index in [4.69, 9.17) is 4.74 Å². The van der Waals surface area contributed by atoms with Crippen LogP contribution >= 0.6 is 0 Å². The van der Waals surface area contributed by atoms with E-state index in [2.05, 4.69) is 0 Å². The maximum absolute atomic E-state index is 12.2. The van der Waals surface area contributed by atoms with Gasteiger partial charge < -0.3 is 4.74 Å². The Hall–Kier alpha value is -0.180. The molecular weight excluding hydrogens is 138 g/mol. The predicted molar refractivity (Wildman–Crippen MR) is 34.1 cm³/mol. The molecule has 10 heavy (non-hydrogen) atoms. The Morgan fingerprint density at radius 2 is 2.10 bits per heavy atom. The Morgan fingerprint density at radius 3 is 2.40 bits per heavy atom. The molecule has 0 heterocycles. The Bertz CT molecular complexity index is 123. The summed E-state index contributed by atoms with van der Waals surface area (Å²) in [6.45, 7) is 3.91. The number of hydrogen-bond acceptors (Lipinski definition) is 1. The van der Waals surface area contributed by atoms with Crippen LogP contribution in [0.5, 0.6) is 0 Å². The first-order chi connectivity index (χ1) is 4.52. The SMILES string of the molecule is CC(C)OCC1CC1(F)F. The summed E-state index contributed by atoms with van der Waals surface area (Å²) in [6, 6.07) is 0. The molecule has 0 aliphatic heterocycles. The lowest BCUT2D eigenvalue weighted by Gasteiger charge is -2.05. The van der Waals surface area contributed by atoms with Gasteiger partial charge in [-0.15, -0.1) is 0 Å². The molecule has 0 aromatic heterocycles. The van der Waals surface area contributed by atoms with Crippen molar-refractivity contribution in [1.29, 1.82) is 0 Å². The van der Waals surface area contributed by atoms with Gasteiger partial charge in [-0.3, -0.25) is 0 Å². The zero-order valence-corrected chi connectivity index (χ0v) is 6.23. The molecule has 0 N–H and O–H groups in total. The van der Waals surface area contributed by atoms with Crippen LogP contribution in [0.1, 0.15) is 20.3 Å². The Balaban J connectivity index is 2.07. The highest BCUT2D eigenvalue weighted by molar-refractivity contribution is 4.94. The van der Waals surface area contributed by atoms with Crippen LogP contribution < -0.4 is 0 Å². The number of rotatable bonds is 3. The van der Waals surface area contributed by atoms with Crippen LogP contribution in [0.15, 0.2) is 0 Å². The van der Waals surface area contributed by atoms with E-state index in [9.17, 15) is 8.78 Å². The van der Waals surface area contributed by atoms with Crippen LogP contribution in [0.3, 0.4) is 0 Å². The van der Waals surface area contributed by atoms with E-state index in [1.807, 2.05) is 13.8 Å². The third-order valence-electron chi connectivity index (χ3n) is 1.59. The van der Waals surface area contributed by atoms with Gasteiger partial charge in [-0.05, 0) is 13.8 Å². The molecule has 1 aliphatic carbocycles. The quantitative estimate of drug-likeness (QED) is 0.598. The van der Waals surface area contributed by atoms with Gasteiger partial charge in [-0.2, -0.15) is 0 Å². The van der Waals surface area contributed by atoms with E-state index in [0.29, 0.717) is 0 Å². The van der Waals surface area contributed by atoms with Gasteiger partial charge in [-0.25, -0.2) is 8.78 Å². The molecule has 1 saturated carbocycles. The van der Waals surface area contributed by atoms with Gasteiger partial charge in [0.2, 0.25) is 0 Å². The lowest BCUT2D eigenvalue weighted by molar-refractivity contribution is 0.0301. The van der Waals surface area contributed by atoms with Crippen LogP contribution in [0.25, 0.3) is 0 Å². The van der Waals surface area contributed by atoms with E-state index in [1.165, 1.54) is 0 Å². The van der Waals surface area contributed by atoms with Gasteiger partial charge in [0.15, 0.2) is 0 Å². The van der Waals surface area contributed by atoms with E-state index >= 15 is 0 Å². The van der Waals surface area contributed by atoms with Gasteiger partial charge in [-0.1, -0.05) is 0 Å². The van der Waals surface area contributed by atoms with Crippen molar-refractivity contribution in [2.24, 2.45) is 5.92 Å². The predicted octanol–water partition coefficient (Wildman–Crippen LogP) is 2.07. The average molecular weight is 150 g/mol. The number of halogens is 2. The molecule has 1 unspecified atom stereocenters. The van der Waals surface area contributed by atoms with E-state index in [-0.39, 0.29) is 19.1 Å². The van der Waals surface area contributed by atoms with Crippen LogP contribution in [0, 0.1) is 5.92 Å². The van der Waals surface area contributed by atoms with Crippen molar-refractivity contribution in [2.75, 3.05) is 6.61 Å². The van der Waals surface area contributed by atoms with Crippen molar-refractivity contribution >= 4 is 0 Å². The number of hydrogen-bond donors (Lipinski definition) is 0. The minimum Gasteiger partial charge on any atom is -0.378 e. The molecule has 0 saturated heterocycles. The third-order valence-corrected chi connectivity index (χ3v) is 1.59. The maximum Gasteiger partial charge on any atom is 0.253 e.